The lowest BCUT2D eigenvalue weighted by molar-refractivity contribution is -0.0601. The lowest BCUT2D eigenvalue weighted by Crippen LogP contribution is -2.57. The molecule has 6 nitrogen and oxygen atoms in total. The Morgan fingerprint density at radius 1 is 1.07 bits per heavy atom. The van der Waals surface area contributed by atoms with Gasteiger partial charge in [0.1, 0.15) is 5.01 Å². The van der Waals surface area contributed by atoms with Crippen LogP contribution in [-0.4, -0.2) is 71.7 Å². The van der Waals surface area contributed by atoms with Crippen molar-refractivity contribution in [3.63, 3.8) is 0 Å². The van der Waals surface area contributed by atoms with E-state index in [1.807, 2.05) is 18.2 Å². The number of piperidine rings is 2. The fraction of sp³-hybridized carbons (Fsp3) is 0.636. The Morgan fingerprint density at radius 3 is 2.59 bits per heavy atom. The van der Waals surface area contributed by atoms with Crippen LogP contribution in [-0.2, 0) is 4.74 Å². The predicted octanol–water partition coefficient (Wildman–Crippen LogP) is 3.04. The molecule has 0 aliphatic carbocycles. The first-order valence-corrected chi connectivity index (χ1v) is 11.7. The molecular formula is C22H30N4O2S. The van der Waals surface area contributed by atoms with Crippen molar-refractivity contribution in [3.05, 3.63) is 30.3 Å². The van der Waals surface area contributed by atoms with Crippen molar-refractivity contribution in [2.45, 2.75) is 44.2 Å². The number of ether oxygens (including phenoxy) is 1. The molecule has 1 aromatic carbocycles. The third-order valence-electron chi connectivity index (χ3n) is 6.89. The maximum absolute atomic E-state index is 10.6. The fourth-order valence-electron chi connectivity index (χ4n) is 5.30. The zero-order valence-corrected chi connectivity index (χ0v) is 17.7. The number of aliphatic hydroxyl groups is 1. The largest absolute Gasteiger partial charge is 0.392 e. The maximum Gasteiger partial charge on any atom is 0.208 e. The van der Waals surface area contributed by atoms with Crippen molar-refractivity contribution in [2.24, 2.45) is 5.41 Å². The van der Waals surface area contributed by atoms with Gasteiger partial charge in [0.25, 0.3) is 0 Å². The van der Waals surface area contributed by atoms with Crippen molar-refractivity contribution < 1.29 is 9.84 Å². The van der Waals surface area contributed by atoms with E-state index in [9.17, 15) is 5.11 Å². The van der Waals surface area contributed by atoms with Gasteiger partial charge < -0.3 is 14.7 Å². The van der Waals surface area contributed by atoms with Gasteiger partial charge in [-0.1, -0.05) is 41.7 Å². The van der Waals surface area contributed by atoms with Crippen LogP contribution in [0.5, 0.6) is 0 Å². The highest BCUT2D eigenvalue weighted by Gasteiger charge is 2.43. The molecule has 0 bridgehead atoms. The molecule has 3 saturated heterocycles. The van der Waals surface area contributed by atoms with Crippen molar-refractivity contribution in [1.82, 2.24) is 15.1 Å². The highest BCUT2D eigenvalue weighted by molar-refractivity contribution is 7.18. The van der Waals surface area contributed by atoms with Crippen molar-refractivity contribution >= 4 is 16.5 Å². The van der Waals surface area contributed by atoms with E-state index in [1.165, 1.54) is 0 Å². The quantitative estimate of drug-likeness (QED) is 0.833. The van der Waals surface area contributed by atoms with Gasteiger partial charge in [0, 0.05) is 51.0 Å². The number of hydrogen-bond acceptors (Lipinski definition) is 7. The first-order valence-electron chi connectivity index (χ1n) is 10.8. The summed E-state index contributed by atoms with van der Waals surface area (Å²) in [5.74, 6) is 0. The van der Waals surface area contributed by atoms with Gasteiger partial charge in [-0.3, -0.25) is 4.90 Å². The van der Waals surface area contributed by atoms with Crippen LogP contribution in [0.25, 0.3) is 10.6 Å². The zero-order valence-electron chi connectivity index (χ0n) is 16.9. The van der Waals surface area contributed by atoms with Gasteiger partial charge >= 0.3 is 0 Å². The fourth-order valence-corrected chi connectivity index (χ4v) is 6.20. The third kappa shape index (κ3) is 4.19. The number of aliphatic hydroxyl groups excluding tert-OH is 1. The van der Waals surface area contributed by atoms with Crippen LogP contribution in [0.1, 0.15) is 32.1 Å². The summed E-state index contributed by atoms with van der Waals surface area (Å²) in [6.07, 6.45) is 5.16. The monoisotopic (exact) mass is 414 g/mol. The lowest BCUT2D eigenvalue weighted by Gasteiger charge is -2.51. The Labute approximate surface area is 176 Å². The van der Waals surface area contributed by atoms with Crippen LogP contribution < -0.4 is 4.90 Å². The van der Waals surface area contributed by atoms with E-state index in [4.69, 9.17) is 4.74 Å². The van der Waals surface area contributed by atoms with E-state index in [0.29, 0.717) is 6.04 Å². The maximum atomic E-state index is 10.6. The molecule has 7 heteroatoms. The van der Waals surface area contributed by atoms with Crippen LogP contribution >= 0.6 is 11.3 Å². The molecule has 3 aliphatic rings. The number of aromatic nitrogens is 2. The number of anilines is 1. The van der Waals surface area contributed by atoms with E-state index >= 15 is 0 Å². The summed E-state index contributed by atoms with van der Waals surface area (Å²) in [5, 5.41) is 21.5. The summed E-state index contributed by atoms with van der Waals surface area (Å²) >= 11 is 1.68. The van der Waals surface area contributed by atoms with Crippen LogP contribution in [0.2, 0.25) is 0 Å². The zero-order chi connectivity index (χ0) is 19.7. The second kappa shape index (κ2) is 8.30. The summed E-state index contributed by atoms with van der Waals surface area (Å²) in [6, 6.07) is 10.9. The number of rotatable bonds is 3. The summed E-state index contributed by atoms with van der Waals surface area (Å²) in [6.45, 7) is 5.66. The summed E-state index contributed by atoms with van der Waals surface area (Å²) in [5.41, 5.74) is 1.37. The highest BCUT2D eigenvalue weighted by atomic mass is 32.1. The molecule has 2 aromatic rings. The minimum absolute atomic E-state index is 0.204. The van der Waals surface area contributed by atoms with Crippen molar-refractivity contribution in [2.75, 3.05) is 44.3 Å². The average Bonchev–Trinajstić information content (AvgIpc) is 3.25. The molecule has 3 aliphatic heterocycles. The molecule has 29 heavy (non-hydrogen) atoms. The molecule has 1 unspecified atom stereocenters. The molecule has 4 heterocycles. The van der Waals surface area contributed by atoms with Gasteiger partial charge in [0.2, 0.25) is 5.13 Å². The second-order valence-electron chi connectivity index (χ2n) is 8.87. The Kier molecular flexibility index (Phi) is 5.56. The first kappa shape index (κ1) is 19.4. The van der Waals surface area contributed by atoms with Gasteiger partial charge in [0.15, 0.2) is 0 Å². The Balaban J connectivity index is 1.24. The molecule has 1 aromatic heterocycles. The molecule has 0 radical (unpaired) electrons. The number of benzene rings is 1. The molecular weight excluding hydrogens is 384 g/mol. The number of nitrogens with zero attached hydrogens (tertiary/aromatic N) is 4. The van der Waals surface area contributed by atoms with Crippen LogP contribution in [0.15, 0.2) is 30.3 Å². The molecule has 0 amide bonds. The standard InChI is InChI=1S/C22H30N4O2S/c27-19-14-22(16-26(15-19)18-6-12-28-13-7-18)8-10-25(11-9-22)21-24-23-20(29-21)17-4-2-1-3-5-17/h1-5,18-19,27H,6-16H2. The minimum atomic E-state index is -0.204. The second-order valence-corrected chi connectivity index (χ2v) is 9.83. The Morgan fingerprint density at radius 2 is 1.83 bits per heavy atom. The topological polar surface area (TPSA) is 61.7 Å². The van der Waals surface area contributed by atoms with E-state index in [2.05, 4.69) is 32.1 Å². The number of hydrogen-bond donors (Lipinski definition) is 1. The summed E-state index contributed by atoms with van der Waals surface area (Å²) in [7, 11) is 0. The molecule has 5 rings (SSSR count). The minimum Gasteiger partial charge on any atom is -0.392 e. The third-order valence-corrected chi connectivity index (χ3v) is 7.92. The lowest BCUT2D eigenvalue weighted by atomic mass is 9.71. The normalized spacial score (nSPS) is 26.1. The van der Waals surface area contributed by atoms with Gasteiger partial charge in [-0.15, -0.1) is 10.2 Å². The van der Waals surface area contributed by atoms with Gasteiger partial charge in [-0.25, -0.2) is 0 Å². The molecule has 3 fully saturated rings. The number of β-amino-alcohol motifs (C(OH)–C–C–N with tert-alkyl or cyclic N) is 1. The number of likely N-dealkylation sites (tertiary alicyclic amines) is 1. The Hall–Kier alpha value is -1.54. The van der Waals surface area contributed by atoms with Crippen LogP contribution in [0.3, 0.4) is 0 Å². The van der Waals surface area contributed by atoms with Crippen molar-refractivity contribution in [3.8, 4) is 10.6 Å². The van der Waals surface area contributed by atoms with E-state index in [0.717, 1.165) is 87.2 Å². The molecule has 0 saturated carbocycles. The van der Waals surface area contributed by atoms with E-state index in [-0.39, 0.29) is 11.5 Å². The van der Waals surface area contributed by atoms with Crippen LogP contribution in [0.4, 0.5) is 5.13 Å². The molecule has 1 N–H and O–H groups in total. The highest BCUT2D eigenvalue weighted by Crippen LogP contribution is 2.42. The molecule has 1 spiro atoms. The summed E-state index contributed by atoms with van der Waals surface area (Å²) in [4.78, 5) is 4.94. The average molecular weight is 415 g/mol. The SMILES string of the molecule is OC1CN(C2CCOCC2)CC2(CCN(c3nnc(-c4ccccc4)s3)CC2)C1. The smallest absolute Gasteiger partial charge is 0.208 e. The summed E-state index contributed by atoms with van der Waals surface area (Å²) < 4.78 is 5.54. The predicted molar refractivity (Wildman–Crippen MR) is 115 cm³/mol. The van der Waals surface area contributed by atoms with E-state index in [1.54, 1.807) is 11.3 Å². The van der Waals surface area contributed by atoms with Gasteiger partial charge in [-0.05, 0) is 37.5 Å². The van der Waals surface area contributed by atoms with Crippen LogP contribution in [0, 0.1) is 5.41 Å². The van der Waals surface area contributed by atoms with Crippen molar-refractivity contribution in [1.29, 1.82) is 0 Å². The van der Waals surface area contributed by atoms with Gasteiger partial charge in [0.05, 0.1) is 6.10 Å². The van der Waals surface area contributed by atoms with Gasteiger partial charge in [-0.2, -0.15) is 0 Å². The van der Waals surface area contributed by atoms with E-state index < -0.39 is 0 Å². The Bertz CT molecular complexity index is 800. The molecule has 1 atom stereocenters. The molecule has 156 valence electrons. The first-order chi connectivity index (χ1) is 14.2.